The fourth-order valence-electron chi connectivity index (χ4n) is 2.62. The van der Waals surface area contributed by atoms with Crippen LogP contribution >= 0.6 is 11.3 Å². The highest BCUT2D eigenvalue weighted by molar-refractivity contribution is 7.15. The maximum absolute atomic E-state index is 12.2. The first kappa shape index (κ1) is 14.1. The molecule has 2 heterocycles. The molecule has 1 atom stereocenters. The summed E-state index contributed by atoms with van der Waals surface area (Å²) in [7, 11) is 0. The summed E-state index contributed by atoms with van der Waals surface area (Å²) in [4.78, 5) is 16.3. The molecule has 0 radical (unpaired) electrons. The molecule has 3 rings (SSSR count). The molecule has 0 unspecified atom stereocenters. The van der Waals surface area contributed by atoms with Crippen molar-refractivity contribution >= 4 is 22.4 Å². The zero-order chi connectivity index (χ0) is 14.7. The number of carbonyl (C=O) groups is 1. The van der Waals surface area contributed by atoms with Crippen LogP contribution in [0.15, 0.2) is 24.5 Å². The van der Waals surface area contributed by atoms with Crippen LogP contribution in [0.25, 0.3) is 0 Å². The Bertz CT molecular complexity index is 607. The summed E-state index contributed by atoms with van der Waals surface area (Å²) in [6.07, 6.45) is 8.33. The van der Waals surface area contributed by atoms with Crippen LogP contribution < -0.4 is 5.32 Å². The number of nitrogens with one attached hydrogen (secondary N) is 1. The van der Waals surface area contributed by atoms with Gasteiger partial charge in [0.1, 0.15) is 5.01 Å². The third-order valence-electron chi connectivity index (χ3n) is 3.95. The van der Waals surface area contributed by atoms with Gasteiger partial charge in [-0.3, -0.25) is 9.78 Å². The van der Waals surface area contributed by atoms with Gasteiger partial charge in [-0.25, -0.2) is 0 Å². The molecule has 6 heteroatoms. The zero-order valence-corrected chi connectivity index (χ0v) is 12.8. The van der Waals surface area contributed by atoms with Gasteiger partial charge in [-0.15, -0.1) is 10.2 Å². The highest BCUT2D eigenvalue weighted by Crippen LogP contribution is 2.36. The number of carbonyl (C=O) groups excluding carboxylic acids is 1. The third-order valence-corrected chi connectivity index (χ3v) is 4.95. The minimum atomic E-state index is -0.252. The summed E-state index contributed by atoms with van der Waals surface area (Å²) in [5.41, 5.74) is 0.899. The van der Waals surface area contributed by atoms with Gasteiger partial charge >= 0.3 is 0 Å². The van der Waals surface area contributed by atoms with E-state index in [-0.39, 0.29) is 11.8 Å². The van der Waals surface area contributed by atoms with Crippen LogP contribution in [0.2, 0.25) is 0 Å². The van der Waals surface area contributed by atoms with E-state index in [4.69, 9.17) is 0 Å². The van der Waals surface area contributed by atoms with Crippen molar-refractivity contribution in [2.24, 2.45) is 0 Å². The highest BCUT2D eigenvalue weighted by atomic mass is 32.1. The summed E-state index contributed by atoms with van der Waals surface area (Å²) in [6, 6.07) is 3.74. The lowest BCUT2D eigenvalue weighted by Crippen LogP contribution is -2.18. The minimum absolute atomic E-state index is 0.0721. The van der Waals surface area contributed by atoms with Crippen molar-refractivity contribution < 1.29 is 4.79 Å². The van der Waals surface area contributed by atoms with Crippen molar-refractivity contribution in [3.05, 3.63) is 35.1 Å². The maximum atomic E-state index is 12.2. The van der Waals surface area contributed by atoms with E-state index < -0.39 is 0 Å². The van der Waals surface area contributed by atoms with Crippen molar-refractivity contribution in [1.29, 1.82) is 0 Å². The lowest BCUT2D eigenvalue weighted by molar-refractivity contribution is -0.117. The van der Waals surface area contributed by atoms with Crippen LogP contribution in [-0.4, -0.2) is 21.1 Å². The number of hydrogen-bond acceptors (Lipinski definition) is 5. The van der Waals surface area contributed by atoms with E-state index in [1.54, 1.807) is 12.4 Å². The number of pyridine rings is 1. The molecule has 110 valence electrons. The molecular formula is C15H18N4OS. The van der Waals surface area contributed by atoms with Gasteiger partial charge in [-0.2, -0.15) is 0 Å². The Balaban J connectivity index is 1.64. The SMILES string of the molecule is C[C@H](C(=O)Nc1nnc(C2CCCC2)s1)c1cccnc1. The lowest BCUT2D eigenvalue weighted by atomic mass is 10.0. The fourth-order valence-corrected chi connectivity index (χ4v) is 3.54. The van der Waals surface area contributed by atoms with Gasteiger partial charge < -0.3 is 5.32 Å². The first-order valence-electron chi connectivity index (χ1n) is 7.28. The molecule has 0 aromatic carbocycles. The van der Waals surface area contributed by atoms with Crippen LogP contribution in [0.5, 0.6) is 0 Å². The largest absolute Gasteiger partial charge is 0.300 e. The zero-order valence-electron chi connectivity index (χ0n) is 12.0. The van der Waals surface area contributed by atoms with Gasteiger partial charge in [-0.1, -0.05) is 30.2 Å². The summed E-state index contributed by atoms with van der Waals surface area (Å²) in [5.74, 6) is 0.207. The van der Waals surface area contributed by atoms with Gasteiger partial charge in [0.15, 0.2) is 0 Å². The Hall–Kier alpha value is -1.82. The average molecular weight is 302 g/mol. The molecule has 1 amide bonds. The van der Waals surface area contributed by atoms with Gasteiger partial charge in [0, 0.05) is 18.3 Å². The lowest BCUT2D eigenvalue weighted by Gasteiger charge is -2.09. The molecular weight excluding hydrogens is 284 g/mol. The Labute approximate surface area is 127 Å². The average Bonchev–Trinajstić information content (AvgIpc) is 3.18. The predicted molar refractivity (Wildman–Crippen MR) is 82.4 cm³/mol. The molecule has 1 aliphatic rings. The van der Waals surface area contributed by atoms with Crippen LogP contribution in [0.4, 0.5) is 5.13 Å². The second kappa shape index (κ2) is 6.30. The molecule has 0 bridgehead atoms. The van der Waals surface area contributed by atoms with Gasteiger partial charge in [0.25, 0.3) is 0 Å². The Morgan fingerprint density at radius 3 is 2.90 bits per heavy atom. The summed E-state index contributed by atoms with van der Waals surface area (Å²) in [5, 5.41) is 12.8. The van der Waals surface area contributed by atoms with E-state index in [0.29, 0.717) is 11.0 Å². The fraction of sp³-hybridized carbons (Fsp3) is 0.467. The standard InChI is InChI=1S/C15H18N4OS/c1-10(12-7-4-8-16-9-12)13(20)17-15-19-18-14(21-15)11-5-2-3-6-11/h4,7-11H,2-3,5-6H2,1H3,(H,17,19,20)/t10-/m0/s1. The van der Waals surface area contributed by atoms with E-state index in [1.165, 1.54) is 37.0 Å². The molecule has 0 spiro atoms. The second-order valence-corrected chi connectivity index (χ2v) is 6.43. The summed E-state index contributed by atoms with van der Waals surface area (Å²) >= 11 is 1.50. The topological polar surface area (TPSA) is 67.8 Å². The molecule has 1 N–H and O–H groups in total. The van der Waals surface area contributed by atoms with E-state index >= 15 is 0 Å². The number of amides is 1. The Kier molecular flexibility index (Phi) is 4.24. The molecule has 0 aliphatic heterocycles. The monoisotopic (exact) mass is 302 g/mol. The third kappa shape index (κ3) is 3.26. The Morgan fingerprint density at radius 2 is 2.19 bits per heavy atom. The molecule has 1 saturated carbocycles. The van der Waals surface area contributed by atoms with E-state index in [0.717, 1.165) is 10.6 Å². The van der Waals surface area contributed by atoms with Crippen molar-refractivity contribution in [3.63, 3.8) is 0 Å². The van der Waals surface area contributed by atoms with Crippen molar-refractivity contribution in [2.75, 3.05) is 5.32 Å². The number of rotatable bonds is 4. The van der Waals surface area contributed by atoms with Crippen LogP contribution in [-0.2, 0) is 4.79 Å². The number of anilines is 1. The first-order chi connectivity index (χ1) is 10.2. The maximum Gasteiger partial charge on any atom is 0.233 e. The molecule has 0 saturated heterocycles. The van der Waals surface area contributed by atoms with Crippen molar-refractivity contribution in [3.8, 4) is 0 Å². The molecule has 21 heavy (non-hydrogen) atoms. The Morgan fingerprint density at radius 1 is 1.38 bits per heavy atom. The van der Waals surface area contributed by atoms with Gasteiger partial charge in [0.2, 0.25) is 11.0 Å². The highest BCUT2D eigenvalue weighted by Gasteiger charge is 2.22. The van der Waals surface area contributed by atoms with Crippen molar-refractivity contribution in [2.45, 2.75) is 44.4 Å². The van der Waals surface area contributed by atoms with Crippen molar-refractivity contribution in [1.82, 2.24) is 15.2 Å². The van der Waals surface area contributed by atoms with E-state index in [2.05, 4.69) is 20.5 Å². The summed E-state index contributed by atoms with van der Waals surface area (Å²) in [6.45, 7) is 1.87. The summed E-state index contributed by atoms with van der Waals surface area (Å²) < 4.78 is 0. The molecule has 5 nitrogen and oxygen atoms in total. The van der Waals surface area contributed by atoms with E-state index in [9.17, 15) is 4.79 Å². The minimum Gasteiger partial charge on any atom is -0.300 e. The molecule has 2 aromatic rings. The first-order valence-corrected chi connectivity index (χ1v) is 8.10. The van der Waals surface area contributed by atoms with Gasteiger partial charge in [0.05, 0.1) is 5.92 Å². The quantitative estimate of drug-likeness (QED) is 0.940. The van der Waals surface area contributed by atoms with Crippen LogP contribution in [0.3, 0.4) is 0 Å². The second-order valence-electron chi connectivity index (χ2n) is 5.42. The molecule has 1 aliphatic carbocycles. The molecule has 2 aromatic heterocycles. The smallest absolute Gasteiger partial charge is 0.233 e. The number of hydrogen-bond donors (Lipinski definition) is 1. The predicted octanol–water partition coefficient (Wildman–Crippen LogP) is 3.33. The number of nitrogens with zero attached hydrogens (tertiary/aromatic N) is 3. The van der Waals surface area contributed by atoms with Crippen LogP contribution in [0, 0.1) is 0 Å². The van der Waals surface area contributed by atoms with Crippen LogP contribution in [0.1, 0.15) is 55.0 Å². The van der Waals surface area contributed by atoms with E-state index in [1.807, 2.05) is 19.1 Å². The normalized spacial score (nSPS) is 16.8. The molecule has 1 fully saturated rings. The van der Waals surface area contributed by atoms with Gasteiger partial charge in [-0.05, 0) is 31.4 Å². The number of aromatic nitrogens is 3.